The molecule has 0 aliphatic carbocycles. The zero-order chi connectivity index (χ0) is 18.6. The van der Waals surface area contributed by atoms with Crippen molar-refractivity contribution in [1.29, 1.82) is 0 Å². The van der Waals surface area contributed by atoms with Crippen LogP contribution < -0.4 is 5.32 Å². The third kappa shape index (κ3) is 4.47. The Bertz CT molecular complexity index is 873. The van der Waals surface area contributed by atoms with Crippen molar-refractivity contribution in [3.05, 3.63) is 77.7 Å². The molecule has 5 nitrogen and oxygen atoms in total. The van der Waals surface area contributed by atoms with Crippen molar-refractivity contribution >= 4 is 11.7 Å². The number of halogens is 3. The summed E-state index contributed by atoms with van der Waals surface area (Å²) in [6.45, 7) is 0.625. The maximum absolute atomic E-state index is 12.5. The molecule has 0 saturated carbocycles. The number of anilines is 1. The van der Waals surface area contributed by atoms with Crippen LogP contribution >= 0.6 is 0 Å². The van der Waals surface area contributed by atoms with Gasteiger partial charge in [0.2, 0.25) is 0 Å². The van der Waals surface area contributed by atoms with Gasteiger partial charge in [0.25, 0.3) is 5.91 Å². The lowest BCUT2D eigenvalue weighted by Crippen LogP contribution is -2.13. The number of pyridine rings is 1. The Balaban J connectivity index is 1.59. The molecule has 0 unspecified atom stereocenters. The average molecular weight is 360 g/mol. The fourth-order valence-corrected chi connectivity index (χ4v) is 2.35. The second-order valence-electron chi connectivity index (χ2n) is 5.60. The summed E-state index contributed by atoms with van der Waals surface area (Å²) in [6.07, 6.45) is 1.49. The Labute approximate surface area is 147 Å². The largest absolute Gasteiger partial charge is 0.416 e. The molecule has 0 aliphatic rings. The van der Waals surface area contributed by atoms with Crippen LogP contribution in [-0.2, 0) is 19.1 Å². The topological polar surface area (TPSA) is 59.8 Å². The Morgan fingerprint density at radius 3 is 2.38 bits per heavy atom. The molecule has 0 saturated heterocycles. The van der Waals surface area contributed by atoms with E-state index in [0.717, 1.165) is 36.2 Å². The summed E-state index contributed by atoms with van der Waals surface area (Å²) < 4.78 is 39.3. The number of aromatic nitrogens is 3. The Kier molecular flexibility index (Phi) is 5.01. The number of aryl methyl sites for hydroxylation is 2. The number of amides is 1. The van der Waals surface area contributed by atoms with Gasteiger partial charge in [-0.2, -0.15) is 18.3 Å². The molecular weight excluding hydrogens is 345 g/mol. The first-order chi connectivity index (χ1) is 12.4. The third-order valence-corrected chi connectivity index (χ3v) is 3.74. The van der Waals surface area contributed by atoms with E-state index >= 15 is 0 Å². The normalized spacial score (nSPS) is 11.3. The molecule has 3 rings (SSSR count). The van der Waals surface area contributed by atoms with E-state index in [-0.39, 0.29) is 5.56 Å². The molecular formula is C18H15F3N4O. The van der Waals surface area contributed by atoms with Gasteiger partial charge in [0.15, 0.2) is 5.82 Å². The van der Waals surface area contributed by atoms with Gasteiger partial charge in [-0.05, 0) is 48.4 Å². The average Bonchev–Trinajstić information content (AvgIpc) is 3.07. The number of hydrogen-bond donors (Lipinski definition) is 1. The van der Waals surface area contributed by atoms with Gasteiger partial charge in [-0.15, -0.1) is 0 Å². The first kappa shape index (κ1) is 17.7. The number of benzene rings is 1. The van der Waals surface area contributed by atoms with Gasteiger partial charge in [0.05, 0.1) is 5.56 Å². The van der Waals surface area contributed by atoms with Crippen LogP contribution in [0.2, 0.25) is 0 Å². The molecule has 3 aromatic rings. The lowest BCUT2D eigenvalue weighted by Gasteiger charge is -2.07. The molecule has 0 fully saturated rings. The Morgan fingerprint density at radius 2 is 1.73 bits per heavy atom. The zero-order valence-corrected chi connectivity index (χ0v) is 13.6. The van der Waals surface area contributed by atoms with Gasteiger partial charge >= 0.3 is 6.18 Å². The molecule has 1 amide bonds. The van der Waals surface area contributed by atoms with E-state index in [1.54, 1.807) is 29.3 Å². The van der Waals surface area contributed by atoms with Gasteiger partial charge in [0, 0.05) is 36.8 Å². The van der Waals surface area contributed by atoms with E-state index in [4.69, 9.17) is 0 Å². The number of carbonyl (C=O) groups is 1. The van der Waals surface area contributed by atoms with Crippen molar-refractivity contribution in [2.45, 2.75) is 19.1 Å². The smallest absolute Gasteiger partial charge is 0.305 e. The molecule has 26 heavy (non-hydrogen) atoms. The molecule has 2 aromatic heterocycles. The number of nitrogens with zero attached hydrogens (tertiary/aromatic N) is 3. The minimum Gasteiger partial charge on any atom is -0.305 e. The van der Waals surface area contributed by atoms with E-state index in [1.165, 1.54) is 0 Å². The van der Waals surface area contributed by atoms with Crippen LogP contribution in [0.5, 0.6) is 0 Å². The molecule has 8 heteroatoms. The highest BCUT2D eigenvalue weighted by molar-refractivity contribution is 6.03. The maximum Gasteiger partial charge on any atom is 0.416 e. The highest BCUT2D eigenvalue weighted by Crippen LogP contribution is 2.29. The van der Waals surface area contributed by atoms with Crippen molar-refractivity contribution in [2.75, 3.05) is 5.32 Å². The van der Waals surface area contributed by atoms with Crippen molar-refractivity contribution < 1.29 is 18.0 Å². The summed E-state index contributed by atoms with van der Waals surface area (Å²) >= 11 is 0. The monoisotopic (exact) mass is 360 g/mol. The molecule has 134 valence electrons. The number of alkyl halides is 3. The second kappa shape index (κ2) is 7.38. The molecule has 2 heterocycles. The van der Waals surface area contributed by atoms with Gasteiger partial charge < -0.3 is 5.32 Å². The van der Waals surface area contributed by atoms with Crippen molar-refractivity contribution in [1.82, 2.24) is 14.8 Å². The first-order valence-corrected chi connectivity index (χ1v) is 7.83. The lowest BCUT2D eigenvalue weighted by atomic mass is 10.1. The van der Waals surface area contributed by atoms with E-state index in [0.29, 0.717) is 12.4 Å². The Hall–Kier alpha value is -3.16. The molecule has 0 aliphatic heterocycles. The molecule has 0 atom stereocenters. The van der Waals surface area contributed by atoms with Crippen LogP contribution in [0, 0.1) is 0 Å². The Morgan fingerprint density at radius 1 is 1.04 bits per heavy atom. The predicted molar refractivity (Wildman–Crippen MR) is 89.6 cm³/mol. The highest BCUT2D eigenvalue weighted by Gasteiger charge is 2.30. The SMILES string of the molecule is O=C(Nc1ccn(CCc2ccncc2)n1)c1ccc(C(F)(F)F)cc1. The van der Waals surface area contributed by atoms with Crippen LogP contribution in [0.3, 0.4) is 0 Å². The first-order valence-electron chi connectivity index (χ1n) is 7.83. The van der Waals surface area contributed by atoms with E-state index < -0.39 is 17.6 Å². The number of rotatable bonds is 5. The number of carbonyl (C=O) groups excluding carboxylic acids is 1. The van der Waals surface area contributed by atoms with E-state index in [2.05, 4.69) is 15.4 Å². The summed E-state index contributed by atoms with van der Waals surface area (Å²) in [5.74, 6) is -0.178. The molecule has 1 N–H and O–H groups in total. The zero-order valence-electron chi connectivity index (χ0n) is 13.6. The summed E-state index contributed by atoms with van der Waals surface area (Å²) in [6, 6.07) is 9.49. The number of nitrogens with one attached hydrogen (secondary N) is 1. The maximum atomic E-state index is 12.5. The van der Waals surface area contributed by atoms with Gasteiger partial charge in [-0.1, -0.05) is 0 Å². The fraction of sp³-hybridized carbons (Fsp3) is 0.167. The van der Waals surface area contributed by atoms with Gasteiger partial charge in [-0.25, -0.2) is 0 Å². The van der Waals surface area contributed by atoms with Crippen LogP contribution in [0.1, 0.15) is 21.5 Å². The summed E-state index contributed by atoms with van der Waals surface area (Å²) in [5, 5.41) is 6.81. The molecule has 0 bridgehead atoms. The van der Waals surface area contributed by atoms with Crippen LogP contribution in [0.15, 0.2) is 61.1 Å². The molecule has 1 aromatic carbocycles. The quantitative estimate of drug-likeness (QED) is 0.753. The predicted octanol–water partition coefficient (Wildman–Crippen LogP) is 3.79. The third-order valence-electron chi connectivity index (χ3n) is 3.74. The summed E-state index contributed by atoms with van der Waals surface area (Å²) in [7, 11) is 0. The second-order valence-corrected chi connectivity index (χ2v) is 5.60. The van der Waals surface area contributed by atoms with Gasteiger partial charge in [-0.3, -0.25) is 14.5 Å². The van der Waals surface area contributed by atoms with Crippen LogP contribution in [-0.4, -0.2) is 20.7 Å². The highest BCUT2D eigenvalue weighted by atomic mass is 19.4. The number of hydrogen-bond acceptors (Lipinski definition) is 3. The van der Waals surface area contributed by atoms with Crippen molar-refractivity contribution in [3.63, 3.8) is 0 Å². The lowest BCUT2D eigenvalue weighted by molar-refractivity contribution is -0.137. The summed E-state index contributed by atoms with van der Waals surface area (Å²) in [5.41, 5.74) is 0.449. The molecule has 0 spiro atoms. The van der Waals surface area contributed by atoms with Crippen LogP contribution in [0.4, 0.5) is 19.0 Å². The van der Waals surface area contributed by atoms with E-state index in [9.17, 15) is 18.0 Å². The van der Waals surface area contributed by atoms with Crippen LogP contribution in [0.25, 0.3) is 0 Å². The minimum absolute atomic E-state index is 0.129. The standard InChI is InChI=1S/C18H15F3N4O/c19-18(20,21)15-3-1-14(2-4-15)17(26)23-16-8-12-25(24-16)11-7-13-5-9-22-10-6-13/h1-6,8-10,12H,7,11H2,(H,23,24,26). The fourth-order valence-electron chi connectivity index (χ4n) is 2.35. The van der Waals surface area contributed by atoms with Crippen molar-refractivity contribution in [3.8, 4) is 0 Å². The van der Waals surface area contributed by atoms with Crippen molar-refractivity contribution in [2.24, 2.45) is 0 Å². The van der Waals surface area contributed by atoms with Gasteiger partial charge in [0.1, 0.15) is 0 Å². The summed E-state index contributed by atoms with van der Waals surface area (Å²) in [4.78, 5) is 16.1. The minimum atomic E-state index is -4.43. The molecule has 0 radical (unpaired) electrons. The van der Waals surface area contributed by atoms with E-state index in [1.807, 2.05) is 12.1 Å².